The van der Waals surface area contributed by atoms with E-state index in [1.807, 2.05) is 20.0 Å². The highest BCUT2D eigenvalue weighted by molar-refractivity contribution is 6.32. The van der Waals surface area contributed by atoms with Gasteiger partial charge in [-0.25, -0.2) is 0 Å². The van der Waals surface area contributed by atoms with Crippen LogP contribution in [0.4, 0.5) is 0 Å². The lowest BCUT2D eigenvalue weighted by Gasteiger charge is -2.23. The monoisotopic (exact) mass is 337 g/mol. The fraction of sp³-hybridized carbons (Fsp3) is 0.500. The summed E-state index contributed by atoms with van der Waals surface area (Å²) in [5.74, 6) is 1.73. The number of hydrogen-bond acceptors (Lipinski definition) is 3. The maximum absolute atomic E-state index is 12.3. The number of benzene rings is 1. The molecule has 1 unspecified atom stereocenters. The number of likely N-dealkylation sites (N-methyl/N-ethyl adjacent to an activating group) is 1. The normalized spacial score (nSPS) is 15.5. The first-order chi connectivity index (χ1) is 11.0. The molecule has 0 radical (unpaired) electrons. The van der Waals surface area contributed by atoms with Gasteiger partial charge >= 0.3 is 0 Å². The molecule has 0 saturated heterocycles. The van der Waals surface area contributed by atoms with Crippen molar-refractivity contribution in [1.82, 2.24) is 4.90 Å². The van der Waals surface area contributed by atoms with Crippen molar-refractivity contribution in [1.29, 1.82) is 0 Å². The predicted molar refractivity (Wildman–Crippen MR) is 93.2 cm³/mol. The van der Waals surface area contributed by atoms with Crippen LogP contribution in [-0.4, -0.2) is 37.6 Å². The van der Waals surface area contributed by atoms with Crippen LogP contribution in [0, 0.1) is 5.92 Å². The summed E-state index contributed by atoms with van der Waals surface area (Å²) in [6.45, 7) is 4.51. The molecule has 1 aliphatic carbocycles. The number of rotatable bonds is 7. The van der Waals surface area contributed by atoms with Gasteiger partial charge in [0.25, 0.3) is 0 Å². The zero-order valence-electron chi connectivity index (χ0n) is 14.1. The molecule has 1 aromatic carbocycles. The number of carbonyl (C=O) groups is 1. The molecule has 1 amide bonds. The van der Waals surface area contributed by atoms with E-state index in [2.05, 4.69) is 6.92 Å². The van der Waals surface area contributed by atoms with Crippen molar-refractivity contribution in [2.45, 2.75) is 32.7 Å². The highest BCUT2D eigenvalue weighted by atomic mass is 35.5. The highest BCUT2D eigenvalue weighted by Crippen LogP contribution is 2.37. The number of methoxy groups -OCH3 is 1. The molecule has 0 N–H and O–H groups in total. The van der Waals surface area contributed by atoms with E-state index in [0.29, 0.717) is 29.0 Å². The standard InChI is InChI=1S/C18H24ClNO3/c1-5-23-16-11-13(10-15(19)18(16)22-4)6-9-17(21)20(3)12(2)14-7-8-14/h6,9-12,14H,5,7-8H2,1-4H3/b9-6+. The van der Waals surface area contributed by atoms with E-state index in [0.717, 1.165) is 5.56 Å². The van der Waals surface area contributed by atoms with E-state index in [4.69, 9.17) is 21.1 Å². The van der Waals surface area contributed by atoms with Gasteiger partial charge in [0.1, 0.15) is 0 Å². The van der Waals surface area contributed by atoms with Crippen LogP contribution in [0.3, 0.4) is 0 Å². The molecule has 126 valence electrons. The summed E-state index contributed by atoms with van der Waals surface area (Å²) in [6.07, 6.45) is 5.77. The van der Waals surface area contributed by atoms with E-state index < -0.39 is 0 Å². The van der Waals surface area contributed by atoms with Crippen molar-refractivity contribution in [3.8, 4) is 11.5 Å². The van der Waals surface area contributed by atoms with E-state index >= 15 is 0 Å². The number of nitrogens with zero attached hydrogens (tertiary/aromatic N) is 1. The molecule has 23 heavy (non-hydrogen) atoms. The number of carbonyl (C=O) groups excluding carboxylic acids is 1. The fourth-order valence-electron chi connectivity index (χ4n) is 2.53. The molecule has 1 aromatic rings. The van der Waals surface area contributed by atoms with Crippen molar-refractivity contribution in [3.63, 3.8) is 0 Å². The third-order valence-electron chi connectivity index (χ3n) is 4.22. The third-order valence-corrected chi connectivity index (χ3v) is 4.50. The largest absolute Gasteiger partial charge is 0.491 e. The Labute approximate surface area is 143 Å². The maximum Gasteiger partial charge on any atom is 0.246 e. The first kappa shape index (κ1) is 17.7. The lowest BCUT2D eigenvalue weighted by Crippen LogP contribution is -2.35. The molecule has 0 aliphatic heterocycles. The molecule has 2 rings (SSSR count). The predicted octanol–water partition coefficient (Wildman–Crippen LogP) is 4.02. The summed E-state index contributed by atoms with van der Waals surface area (Å²) in [6, 6.07) is 3.87. The van der Waals surface area contributed by atoms with Gasteiger partial charge in [0.05, 0.1) is 18.7 Å². The Bertz CT molecular complexity index is 596. The molecule has 1 aliphatic rings. The Morgan fingerprint density at radius 3 is 2.74 bits per heavy atom. The second-order valence-electron chi connectivity index (χ2n) is 5.83. The molecule has 0 spiro atoms. The Hall–Kier alpha value is -1.68. The Morgan fingerprint density at radius 2 is 2.17 bits per heavy atom. The van der Waals surface area contributed by atoms with Crippen molar-refractivity contribution in [3.05, 3.63) is 28.8 Å². The van der Waals surface area contributed by atoms with Crippen molar-refractivity contribution in [2.24, 2.45) is 5.92 Å². The Balaban J connectivity index is 2.13. The van der Waals surface area contributed by atoms with Gasteiger partial charge in [-0.05, 0) is 56.4 Å². The van der Waals surface area contributed by atoms with Crippen LogP contribution < -0.4 is 9.47 Å². The van der Waals surface area contributed by atoms with Crippen LogP contribution in [0.1, 0.15) is 32.3 Å². The van der Waals surface area contributed by atoms with E-state index in [1.165, 1.54) is 12.8 Å². The summed E-state index contributed by atoms with van der Waals surface area (Å²) in [4.78, 5) is 14.1. The molecule has 0 aromatic heterocycles. The molecular formula is C18H24ClNO3. The van der Waals surface area contributed by atoms with E-state index in [9.17, 15) is 4.79 Å². The zero-order valence-corrected chi connectivity index (χ0v) is 14.9. The summed E-state index contributed by atoms with van der Waals surface area (Å²) < 4.78 is 10.8. The van der Waals surface area contributed by atoms with Gasteiger partial charge in [-0.3, -0.25) is 4.79 Å². The fourth-order valence-corrected chi connectivity index (χ4v) is 2.82. The molecule has 0 bridgehead atoms. The maximum atomic E-state index is 12.3. The van der Waals surface area contributed by atoms with Crippen LogP contribution in [0.25, 0.3) is 6.08 Å². The molecule has 5 heteroatoms. The van der Waals surface area contributed by atoms with Gasteiger partial charge in [0.2, 0.25) is 5.91 Å². The van der Waals surface area contributed by atoms with E-state index in [-0.39, 0.29) is 11.9 Å². The summed E-state index contributed by atoms with van der Waals surface area (Å²) in [5, 5.41) is 0.463. The second-order valence-corrected chi connectivity index (χ2v) is 6.23. The van der Waals surface area contributed by atoms with Gasteiger partial charge in [0.15, 0.2) is 11.5 Å². The van der Waals surface area contributed by atoms with Crippen LogP contribution in [-0.2, 0) is 4.79 Å². The lowest BCUT2D eigenvalue weighted by atomic mass is 10.1. The molecule has 4 nitrogen and oxygen atoms in total. The van der Waals surface area contributed by atoms with Gasteiger partial charge in [-0.15, -0.1) is 0 Å². The van der Waals surface area contributed by atoms with Crippen LogP contribution in [0.2, 0.25) is 5.02 Å². The van der Waals surface area contributed by atoms with Gasteiger partial charge in [-0.1, -0.05) is 11.6 Å². The smallest absolute Gasteiger partial charge is 0.246 e. The quantitative estimate of drug-likeness (QED) is 0.705. The highest BCUT2D eigenvalue weighted by Gasteiger charge is 2.31. The number of hydrogen-bond donors (Lipinski definition) is 0. The molecule has 1 fully saturated rings. The van der Waals surface area contributed by atoms with E-state index in [1.54, 1.807) is 30.2 Å². The first-order valence-corrected chi connectivity index (χ1v) is 8.30. The van der Waals surface area contributed by atoms with Crippen molar-refractivity contribution >= 4 is 23.6 Å². The summed E-state index contributed by atoms with van der Waals surface area (Å²) >= 11 is 6.21. The molecule has 1 saturated carbocycles. The first-order valence-electron chi connectivity index (χ1n) is 7.93. The van der Waals surface area contributed by atoms with Crippen LogP contribution in [0.5, 0.6) is 11.5 Å². The summed E-state index contributed by atoms with van der Waals surface area (Å²) in [7, 11) is 3.40. The Kier molecular flexibility index (Phi) is 5.94. The zero-order chi connectivity index (χ0) is 17.0. The minimum atomic E-state index is -0.00528. The molecule has 1 atom stereocenters. The Morgan fingerprint density at radius 1 is 1.48 bits per heavy atom. The van der Waals surface area contributed by atoms with Gasteiger partial charge in [-0.2, -0.15) is 0 Å². The average Bonchev–Trinajstić information content (AvgIpc) is 3.36. The van der Waals surface area contributed by atoms with Crippen molar-refractivity contribution < 1.29 is 14.3 Å². The second kappa shape index (κ2) is 7.73. The summed E-state index contributed by atoms with van der Waals surface area (Å²) in [5.41, 5.74) is 0.806. The average molecular weight is 338 g/mol. The van der Waals surface area contributed by atoms with Gasteiger partial charge < -0.3 is 14.4 Å². The number of amides is 1. The minimum absolute atomic E-state index is 0.00528. The van der Waals surface area contributed by atoms with Crippen molar-refractivity contribution in [2.75, 3.05) is 20.8 Å². The van der Waals surface area contributed by atoms with Gasteiger partial charge in [0, 0.05) is 19.2 Å². The minimum Gasteiger partial charge on any atom is -0.491 e. The SMILES string of the molecule is CCOc1cc(/C=C/C(=O)N(C)C(C)C2CC2)cc(Cl)c1OC. The molecule has 0 heterocycles. The number of halogens is 1. The van der Waals surface area contributed by atoms with Crippen LogP contribution in [0.15, 0.2) is 18.2 Å². The molecular weight excluding hydrogens is 314 g/mol. The topological polar surface area (TPSA) is 38.8 Å². The van der Waals surface area contributed by atoms with Crippen LogP contribution >= 0.6 is 11.6 Å². The third kappa shape index (κ3) is 4.41. The lowest BCUT2D eigenvalue weighted by molar-refractivity contribution is -0.126. The number of ether oxygens (including phenoxy) is 2.